The summed E-state index contributed by atoms with van der Waals surface area (Å²) in [6.07, 6.45) is 0. The van der Waals surface area contributed by atoms with E-state index in [2.05, 4.69) is 10.3 Å². The van der Waals surface area contributed by atoms with E-state index in [0.717, 1.165) is 11.3 Å². The quantitative estimate of drug-likeness (QED) is 0.420. The van der Waals surface area contributed by atoms with Gasteiger partial charge in [-0.05, 0) is 19.1 Å². The van der Waals surface area contributed by atoms with Gasteiger partial charge in [-0.1, -0.05) is 29.8 Å². The van der Waals surface area contributed by atoms with Gasteiger partial charge in [0.1, 0.15) is 5.82 Å². The van der Waals surface area contributed by atoms with Gasteiger partial charge < -0.3 is 5.32 Å². The molecule has 4 rings (SSSR count). The Morgan fingerprint density at radius 1 is 1.15 bits per heavy atom. The van der Waals surface area contributed by atoms with Crippen LogP contribution in [0, 0.1) is 17.0 Å². The summed E-state index contributed by atoms with van der Waals surface area (Å²) in [5.74, 6) is 0.455. The zero-order valence-electron chi connectivity index (χ0n) is 14.2. The minimum Gasteiger partial charge on any atom is -0.340 e. The number of non-ortho nitro benzene ring substituents is 1. The first kappa shape index (κ1) is 16.9. The van der Waals surface area contributed by atoms with Crippen molar-refractivity contribution in [1.29, 1.82) is 0 Å². The van der Waals surface area contributed by atoms with Gasteiger partial charge in [0, 0.05) is 34.8 Å². The minimum atomic E-state index is -0.456. The molecule has 0 radical (unpaired) electrons. The number of hydrogen-bond acceptors (Lipinski definition) is 6. The van der Waals surface area contributed by atoms with E-state index in [1.165, 1.54) is 33.9 Å². The highest BCUT2D eigenvalue weighted by Gasteiger charge is 2.14. The SMILES string of the molecule is Cc1ccc(Nc2cc(=O)n3c(-c4cccc([N+](=O)[O-])c4)csc3n2)cc1. The van der Waals surface area contributed by atoms with Crippen LogP contribution in [0.15, 0.2) is 64.8 Å². The highest BCUT2D eigenvalue weighted by atomic mass is 32.1. The summed E-state index contributed by atoms with van der Waals surface area (Å²) in [6, 6.07) is 15.4. The van der Waals surface area contributed by atoms with Gasteiger partial charge in [-0.25, -0.2) is 4.98 Å². The van der Waals surface area contributed by atoms with Crippen LogP contribution in [-0.4, -0.2) is 14.3 Å². The topological polar surface area (TPSA) is 89.5 Å². The molecule has 0 unspecified atom stereocenters. The average molecular weight is 378 g/mol. The number of nitrogens with zero attached hydrogens (tertiary/aromatic N) is 3. The number of nitrogens with one attached hydrogen (secondary N) is 1. The first-order valence-electron chi connectivity index (χ1n) is 8.11. The molecule has 27 heavy (non-hydrogen) atoms. The van der Waals surface area contributed by atoms with Crippen LogP contribution < -0.4 is 10.9 Å². The first-order chi connectivity index (χ1) is 13.0. The summed E-state index contributed by atoms with van der Waals surface area (Å²) in [7, 11) is 0. The summed E-state index contributed by atoms with van der Waals surface area (Å²) in [5.41, 5.74) is 2.88. The zero-order chi connectivity index (χ0) is 19.0. The summed E-state index contributed by atoms with van der Waals surface area (Å²) >= 11 is 1.31. The third-order valence-electron chi connectivity index (χ3n) is 4.08. The van der Waals surface area contributed by atoms with Gasteiger partial charge in [0.2, 0.25) is 0 Å². The molecule has 0 amide bonds. The Bertz CT molecular complexity index is 1210. The third kappa shape index (κ3) is 3.30. The fourth-order valence-electron chi connectivity index (χ4n) is 2.75. The molecule has 0 spiro atoms. The Kier molecular flexibility index (Phi) is 4.17. The van der Waals surface area contributed by atoms with E-state index in [1.807, 2.05) is 31.2 Å². The zero-order valence-corrected chi connectivity index (χ0v) is 15.1. The molecular weight excluding hydrogens is 364 g/mol. The number of aryl methyl sites for hydroxylation is 1. The molecule has 0 fully saturated rings. The molecule has 0 atom stereocenters. The lowest BCUT2D eigenvalue weighted by Gasteiger charge is -2.07. The van der Waals surface area contributed by atoms with Crippen molar-refractivity contribution in [1.82, 2.24) is 9.38 Å². The molecule has 0 saturated carbocycles. The predicted molar refractivity (Wildman–Crippen MR) is 106 cm³/mol. The van der Waals surface area contributed by atoms with E-state index in [0.29, 0.717) is 22.0 Å². The Balaban J connectivity index is 1.76. The van der Waals surface area contributed by atoms with Gasteiger partial charge in [0.05, 0.1) is 10.6 Å². The smallest absolute Gasteiger partial charge is 0.270 e. The van der Waals surface area contributed by atoms with Crippen LogP contribution in [0.4, 0.5) is 17.2 Å². The molecule has 0 aliphatic rings. The average Bonchev–Trinajstić information content (AvgIpc) is 3.08. The normalized spacial score (nSPS) is 10.9. The monoisotopic (exact) mass is 378 g/mol. The molecule has 0 bridgehead atoms. The van der Waals surface area contributed by atoms with Gasteiger partial charge in [-0.2, -0.15) is 0 Å². The van der Waals surface area contributed by atoms with Crippen molar-refractivity contribution in [3.05, 3.63) is 86.0 Å². The van der Waals surface area contributed by atoms with E-state index in [9.17, 15) is 14.9 Å². The van der Waals surface area contributed by atoms with Gasteiger partial charge in [-0.3, -0.25) is 19.3 Å². The number of hydrogen-bond donors (Lipinski definition) is 1. The lowest BCUT2D eigenvalue weighted by molar-refractivity contribution is -0.384. The van der Waals surface area contributed by atoms with E-state index in [4.69, 9.17) is 0 Å². The molecule has 8 heteroatoms. The summed E-state index contributed by atoms with van der Waals surface area (Å²) in [5, 5.41) is 15.9. The van der Waals surface area contributed by atoms with Crippen LogP contribution in [0.25, 0.3) is 16.2 Å². The molecule has 134 valence electrons. The first-order valence-corrected chi connectivity index (χ1v) is 8.99. The van der Waals surface area contributed by atoms with Crippen molar-refractivity contribution in [2.75, 3.05) is 5.32 Å². The van der Waals surface area contributed by atoms with Crippen molar-refractivity contribution in [2.45, 2.75) is 6.92 Å². The number of anilines is 2. The fraction of sp³-hybridized carbons (Fsp3) is 0.0526. The molecule has 0 aliphatic carbocycles. The van der Waals surface area contributed by atoms with Gasteiger partial charge >= 0.3 is 0 Å². The Morgan fingerprint density at radius 3 is 2.67 bits per heavy atom. The Morgan fingerprint density at radius 2 is 1.93 bits per heavy atom. The highest BCUT2D eigenvalue weighted by Crippen LogP contribution is 2.27. The molecule has 1 N–H and O–H groups in total. The molecule has 2 aromatic carbocycles. The number of nitro benzene ring substituents is 1. The van der Waals surface area contributed by atoms with Crippen LogP contribution in [0.2, 0.25) is 0 Å². The van der Waals surface area contributed by atoms with Crippen LogP contribution in [0.1, 0.15) is 5.56 Å². The van der Waals surface area contributed by atoms with Crippen molar-refractivity contribution >= 4 is 33.5 Å². The molecular formula is C19H14N4O3S. The summed E-state index contributed by atoms with van der Waals surface area (Å²) in [6.45, 7) is 2.00. The Labute approximate surface area is 157 Å². The number of fused-ring (bicyclic) bond motifs is 1. The van der Waals surface area contributed by atoms with Crippen molar-refractivity contribution < 1.29 is 4.92 Å². The number of thiazole rings is 1. The molecule has 2 heterocycles. The lowest BCUT2D eigenvalue weighted by atomic mass is 10.1. The molecule has 0 aliphatic heterocycles. The van der Waals surface area contributed by atoms with Crippen LogP contribution >= 0.6 is 11.3 Å². The molecule has 0 saturated heterocycles. The Hall–Kier alpha value is -3.52. The largest absolute Gasteiger partial charge is 0.340 e. The highest BCUT2D eigenvalue weighted by molar-refractivity contribution is 7.15. The fourth-order valence-corrected chi connectivity index (χ4v) is 3.65. The lowest BCUT2D eigenvalue weighted by Crippen LogP contribution is -2.14. The van der Waals surface area contributed by atoms with Crippen LogP contribution in [0.3, 0.4) is 0 Å². The van der Waals surface area contributed by atoms with E-state index >= 15 is 0 Å². The molecule has 7 nitrogen and oxygen atoms in total. The van der Waals surface area contributed by atoms with Gasteiger partial charge in [0.15, 0.2) is 4.96 Å². The van der Waals surface area contributed by atoms with Crippen molar-refractivity contribution in [2.24, 2.45) is 0 Å². The number of benzene rings is 2. The van der Waals surface area contributed by atoms with Crippen LogP contribution in [-0.2, 0) is 0 Å². The second kappa shape index (κ2) is 6.65. The maximum Gasteiger partial charge on any atom is 0.270 e. The van der Waals surface area contributed by atoms with Gasteiger partial charge in [-0.15, -0.1) is 11.3 Å². The minimum absolute atomic E-state index is 0.0227. The van der Waals surface area contributed by atoms with Crippen molar-refractivity contribution in [3.63, 3.8) is 0 Å². The predicted octanol–water partition coefficient (Wildman–Crippen LogP) is 4.38. The van der Waals surface area contributed by atoms with Crippen molar-refractivity contribution in [3.8, 4) is 11.3 Å². The second-order valence-electron chi connectivity index (χ2n) is 6.02. The maximum atomic E-state index is 12.7. The standard InChI is InChI=1S/C19H14N4O3S/c1-12-5-7-14(8-6-12)20-17-10-18(24)22-16(11-27-19(22)21-17)13-3-2-4-15(9-13)23(25)26/h2-11,20H,1H3. The second-order valence-corrected chi connectivity index (χ2v) is 6.85. The third-order valence-corrected chi connectivity index (χ3v) is 4.91. The number of rotatable bonds is 4. The molecule has 2 aromatic heterocycles. The summed E-state index contributed by atoms with van der Waals surface area (Å²) in [4.78, 5) is 28.2. The van der Waals surface area contributed by atoms with E-state index in [1.54, 1.807) is 17.5 Å². The number of nitro groups is 1. The molecule has 4 aromatic rings. The summed E-state index contributed by atoms with van der Waals surface area (Å²) < 4.78 is 1.46. The maximum absolute atomic E-state index is 12.7. The van der Waals surface area contributed by atoms with Crippen LogP contribution in [0.5, 0.6) is 0 Å². The number of aromatic nitrogens is 2. The van der Waals surface area contributed by atoms with E-state index < -0.39 is 4.92 Å². The van der Waals surface area contributed by atoms with E-state index in [-0.39, 0.29) is 11.2 Å². The van der Waals surface area contributed by atoms with Gasteiger partial charge in [0.25, 0.3) is 11.2 Å².